The first-order valence-electron chi connectivity index (χ1n) is 6.53. The van der Waals surface area contributed by atoms with E-state index in [4.69, 9.17) is 0 Å². The zero-order chi connectivity index (χ0) is 13.7. The normalized spacial score (nSPS) is 10.9. The lowest BCUT2D eigenvalue weighted by molar-refractivity contribution is 0.0954. The van der Waals surface area contributed by atoms with E-state index in [1.165, 1.54) is 0 Å². The smallest absolute Gasteiger partial charge is 0.251 e. The van der Waals surface area contributed by atoms with Crippen molar-refractivity contribution >= 4 is 16.8 Å². The monoisotopic (exact) mass is 257 g/mol. The van der Waals surface area contributed by atoms with Gasteiger partial charge in [-0.1, -0.05) is 19.9 Å². The third-order valence-electron chi connectivity index (χ3n) is 2.83. The summed E-state index contributed by atoms with van der Waals surface area (Å²) in [5.74, 6) is -0.0451. The van der Waals surface area contributed by atoms with Crippen molar-refractivity contribution in [3.8, 4) is 0 Å². The summed E-state index contributed by atoms with van der Waals surface area (Å²) in [6.45, 7) is 5.57. The average molecular weight is 257 g/mol. The molecule has 2 rings (SSSR count). The van der Waals surface area contributed by atoms with Gasteiger partial charge >= 0.3 is 0 Å². The van der Waals surface area contributed by atoms with Crippen molar-refractivity contribution in [2.45, 2.75) is 19.9 Å². The lowest BCUT2D eigenvalue weighted by Crippen LogP contribution is -2.34. The number of amides is 1. The second kappa shape index (κ2) is 6.29. The highest BCUT2D eigenvalue weighted by Gasteiger charge is 2.05. The highest BCUT2D eigenvalue weighted by atomic mass is 16.1. The SMILES string of the molecule is CC(C)NCCNC(=O)c1ccc2ncccc2c1. The van der Waals surface area contributed by atoms with Crippen molar-refractivity contribution in [1.29, 1.82) is 0 Å². The number of nitrogens with one attached hydrogen (secondary N) is 2. The van der Waals surface area contributed by atoms with Crippen LogP contribution in [0.4, 0.5) is 0 Å². The molecule has 19 heavy (non-hydrogen) atoms. The number of hydrogen-bond acceptors (Lipinski definition) is 3. The lowest BCUT2D eigenvalue weighted by atomic mass is 10.1. The van der Waals surface area contributed by atoms with Crippen LogP contribution in [-0.4, -0.2) is 30.0 Å². The van der Waals surface area contributed by atoms with Gasteiger partial charge in [0.05, 0.1) is 5.52 Å². The van der Waals surface area contributed by atoms with Gasteiger partial charge < -0.3 is 10.6 Å². The standard InChI is InChI=1S/C15H19N3O/c1-11(2)16-8-9-18-15(19)13-5-6-14-12(10-13)4-3-7-17-14/h3-7,10-11,16H,8-9H2,1-2H3,(H,18,19). The van der Waals surface area contributed by atoms with E-state index in [2.05, 4.69) is 29.5 Å². The molecule has 100 valence electrons. The Balaban J connectivity index is 1.97. The van der Waals surface area contributed by atoms with Crippen molar-refractivity contribution in [2.75, 3.05) is 13.1 Å². The first kappa shape index (κ1) is 13.5. The zero-order valence-corrected chi connectivity index (χ0v) is 11.3. The van der Waals surface area contributed by atoms with Gasteiger partial charge in [0.1, 0.15) is 0 Å². The molecule has 0 spiro atoms. The maximum atomic E-state index is 12.0. The summed E-state index contributed by atoms with van der Waals surface area (Å²) in [7, 11) is 0. The van der Waals surface area contributed by atoms with Crippen molar-refractivity contribution < 1.29 is 4.79 Å². The van der Waals surface area contributed by atoms with Gasteiger partial charge in [-0.05, 0) is 24.3 Å². The molecule has 0 atom stereocenters. The van der Waals surface area contributed by atoms with Gasteiger partial charge in [-0.3, -0.25) is 9.78 Å². The molecule has 0 saturated heterocycles. The Morgan fingerprint density at radius 1 is 1.26 bits per heavy atom. The molecule has 1 aromatic heterocycles. The van der Waals surface area contributed by atoms with Gasteiger partial charge in [-0.25, -0.2) is 0 Å². The fourth-order valence-corrected chi connectivity index (χ4v) is 1.86. The third-order valence-corrected chi connectivity index (χ3v) is 2.83. The number of pyridine rings is 1. The van der Waals surface area contributed by atoms with Gasteiger partial charge in [0.25, 0.3) is 5.91 Å². The minimum absolute atomic E-state index is 0.0451. The minimum Gasteiger partial charge on any atom is -0.351 e. The maximum Gasteiger partial charge on any atom is 0.251 e. The van der Waals surface area contributed by atoms with Crippen molar-refractivity contribution in [1.82, 2.24) is 15.6 Å². The van der Waals surface area contributed by atoms with Crippen LogP contribution >= 0.6 is 0 Å². The summed E-state index contributed by atoms with van der Waals surface area (Å²) < 4.78 is 0. The Labute approximate surface area is 113 Å². The molecular formula is C15H19N3O. The van der Waals surface area contributed by atoms with Crippen LogP contribution in [0.15, 0.2) is 36.5 Å². The van der Waals surface area contributed by atoms with Crippen LogP contribution in [0.2, 0.25) is 0 Å². The Morgan fingerprint density at radius 3 is 2.89 bits per heavy atom. The summed E-state index contributed by atoms with van der Waals surface area (Å²) in [5, 5.41) is 7.14. The predicted molar refractivity (Wildman–Crippen MR) is 77.2 cm³/mol. The molecule has 0 aliphatic carbocycles. The van der Waals surface area contributed by atoms with E-state index in [0.717, 1.165) is 17.4 Å². The molecule has 2 aromatic rings. The second-order valence-electron chi connectivity index (χ2n) is 4.78. The van der Waals surface area contributed by atoms with Gasteiger partial charge in [0.15, 0.2) is 0 Å². The van der Waals surface area contributed by atoms with Crippen LogP contribution in [0.1, 0.15) is 24.2 Å². The molecule has 1 amide bonds. The number of benzene rings is 1. The minimum atomic E-state index is -0.0451. The Bertz CT molecular complexity index is 566. The fraction of sp³-hybridized carbons (Fsp3) is 0.333. The number of nitrogens with zero attached hydrogens (tertiary/aromatic N) is 1. The van der Waals surface area contributed by atoms with Crippen LogP contribution in [0.5, 0.6) is 0 Å². The quantitative estimate of drug-likeness (QED) is 0.805. The maximum absolute atomic E-state index is 12.0. The molecule has 0 unspecified atom stereocenters. The molecule has 0 radical (unpaired) electrons. The third kappa shape index (κ3) is 3.76. The molecule has 4 heteroatoms. The summed E-state index contributed by atoms with van der Waals surface area (Å²) in [6.07, 6.45) is 1.75. The first-order chi connectivity index (χ1) is 9.16. The topological polar surface area (TPSA) is 54.0 Å². The fourth-order valence-electron chi connectivity index (χ4n) is 1.86. The second-order valence-corrected chi connectivity index (χ2v) is 4.78. The molecule has 0 fully saturated rings. The molecular weight excluding hydrogens is 238 g/mol. The van der Waals surface area contributed by atoms with Gasteiger partial charge in [0, 0.05) is 36.3 Å². The van der Waals surface area contributed by atoms with Crippen molar-refractivity contribution in [3.05, 3.63) is 42.1 Å². The Kier molecular flexibility index (Phi) is 4.47. The predicted octanol–water partition coefficient (Wildman–Crippen LogP) is 1.96. The average Bonchev–Trinajstić information content (AvgIpc) is 2.42. The molecule has 1 heterocycles. The van der Waals surface area contributed by atoms with E-state index in [0.29, 0.717) is 18.2 Å². The molecule has 1 aromatic carbocycles. The number of carbonyl (C=O) groups excluding carboxylic acids is 1. The summed E-state index contributed by atoms with van der Waals surface area (Å²) in [6, 6.07) is 9.81. The van der Waals surface area contributed by atoms with E-state index in [1.54, 1.807) is 12.3 Å². The van der Waals surface area contributed by atoms with E-state index >= 15 is 0 Å². The lowest BCUT2D eigenvalue weighted by Gasteiger charge is -2.09. The molecule has 2 N–H and O–H groups in total. The van der Waals surface area contributed by atoms with Gasteiger partial charge in [-0.2, -0.15) is 0 Å². The number of rotatable bonds is 5. The van der Waals surface area contributed by atoms with Gasteiger partial charge in [0.2, 0.25) is 0 Å². The van der Waals surface area contributed by atoms with E-state index in [9.17, 15) is 4.79 Å². The van der Waals surface area contributed by atoms with E-state index in [1.807, 2.05) is 24.3 Å². The van der Waals surface area contributed by atoms with Crippen LogP contribution in [0, 0.1) is 0 Å². The van der Waals surface area contributed by atoms with Crippen molar-refractivity contribution in [3.63, 3.8) is 0 Å². The summed E-state index contributed by atoms with van der Waals surface area (Å²) in [4.78, 5) is 16.2. The summed E-state index contributed by atoms with van der Waals surface area (Å²) in [5.41, 5.74) is 1.57. The highest BCUT2D eigenvalue weighted by molar-refractivity contribution is 5.97. The molecule has 0 bridgehead atoms. The molecule has 0 aliphatic heterocycles. The van der Waals surface area contributed by atoms with Gasteiger partial charge in [-0.15, -0.1) is 0 Å². The van der Waals surface area contributed by atoms with Crippen LogP contribution in [0.25, 0.3) is 10.9 Å². The molecule has 0 saturated carbocycles. The van der Waals surface area contributed by atoms with Crippen LogP contribution in [-0.2, 0) is 0 Å². The van der Waals surface area contributed by atoms with Crippen LogP contribution < -0.4 is 10.6 Å². The Morgan fingerprint density at radius 2 is 2.11 bits per heavy atom. The highest BCUT2D eigenvalue weighted by Crippen LogP contribution is 2.12. The first-order valence-corrected chi connectivity index (χ1v) is 6.53. The van der Waals surface area contributed by atoms with E-state index in [-0.39, 0.29) is 5.91 Å². The number of carbonyl (C=O) groups is 1. The molecule has 4 nitrogen and oxygen atoms in total. The number of aromatic nitrogens is 1. The van der Waals surface area contributed by atoms with Crippen molar-refractivity contribution in [2.24, 2.45) is 0 Å². The number of hydrogen-bond donors (Lipinski definition) is 2. The van der Waals surface area contributed by atoms with Crippen LogP contribution in [0.3, 0.4) is 0 Å². The largest absolute Gasteiger partial charge is 0.351 e. The summed E-state index contributed by atoms with van der Waals surface area (Å²) >= 11 is 0. The molecule has 0 aliphatic rings. The zero-order valence-electron chi connectivity index (χ0n) is 11.3. The van der Waals surface area contributed by atoms with E-state index < -0.39 is 0 Å². The number of fused-ring (bicyclic) bond motifs is 1. The Hall–Kier alpha value is -1.94.